The number of ether oxygens (including phenoxy) is 2. The van der Waals surface area contributed by atoms with Crippen LogP contribution in [0.15, 0.2) is 65.6 Å². The fourth-order valence-corrected chi connectivity index (χ4v) is 4.10. The molecule has 4 rings (SSSR count). The first kappa shape index (κ1) is 19.1. The second-order valence-corrected chi connectivity index (χ2v) is 8.31. The van der Waals surface area contributed by atoms with E-state index in [1.807, 2.05) is 0 Å². The van der Waals surface area contributed by atoms with Crippen molar-refractivity contribution in [3.63, 3.8) is 0 Å². The number of hydrogen-bond acceptors (Lipinski definition) is 5. The summed E-state index contributed by atoms with van der Waals surface area (Å²) < 4.78 is 38.7. The first-order valence-corrected chi connectivity index (χ1v) is 10.3. The van der Waals surface area contributed by atoms with E-state index in [0.717, 1.165) is 0 Å². The number of methoxy groups -OCH3 is 1. The Morgan fingerprint density at radius 1 is 1.03 bits per heavy atom. The fourth-order valence-electron chi connectivity index (χ4n) is 2.84. The number of nitrogens with one attached hydrogen (secondary N) is 2. The predicted molar refractivity (Wildman–Crippen MR) is 110 cm³/mol. The van der Waals surface area contributed by atoms with Gasteiger partial charge in [-0.2, -0.15) is 0 Å². The Bertz CT molecular complexity index is 1230. The minimum Gasteiger partial charge on any atom is -0.497 e. The fraction of sp³-hybridized carbons (Fsp3) is 0.0500. The lowest BCUT2D eigenvalue weighted by Crippen LogP contribution is -2.15. The first-order chi connectivity index (χ1) is 13.9. The summed E-state index contributed by atoms with van der Waals surface area (Å²) in [5.74, 6) is 0.710. The smallest absolute Gasteiger partial charge is 0.262 e. The minimum atomic E-state index is -3.88. The van der Waals surface area contributed by atoms with Gasteiger partial charge >= 0.3 is 0 Å². The van der Waals surface area contributed by atoms with Crippen molar-refractivity contribution in [1.29, 1.82) is 0 Å². The maximum absolute atomic E-state index is 12.7. The van der Waals surface area contributed by atoms with Crippen molar-refractivity contribution >= 4 is 38.9 Å². The van der Waals surface area contributed by atoms with Gasteiger partial charge in [0.2, 0.25) is 0 Å². The summed E-state index contributed by atoms with van der Waals surface area (Å²) in [6, 6.07) is 15.4. The highest BCUT2D eigenvalue weighted by Gasteiger charge is 2.23. The number of amides is 1. The van der Waals surface area contributed by atoms with Crippen molar-refractivity contribution in [2.45, 2.75) is 4.90 Å². The zero-order valence-corrected chi connectivity index (χ0v) is 16.7. The zero-order valence-electron chi connectivity index (χ0n) is 15.1. The van der Waals surface area contributed by atoms with E-state index in [9.17, 15) is 13.2 Å². The molecule has 2 N–H and O–H groups in total. The van der Waals surface area contributed by atoms with Gasteiger partial charge in [0, 0.05) is 16.8 Å². The van der Waals surface area contributed by atoms with Crippen LogP contribution in [0.4, 0.5) is 11.4 Å². The average Bonchev–Trinajstić information content (AvgIpc) is 2.83. The Balaban J connectivity index is 1.66. The normalized spacial score (nSPS) is 12.7. The molecule has 7 nitrogen and oxygen atoms in total. The summed E-state index contributed by atoms with van der Waals surface area (Å²) in [5, 5.41) is 3.16. The van der Waals surface area contributed by atoms with E-state index in [2.05, 4.69) is 10.0 Å². The Morgan fingerprint density at radius 3 is 2.62 bits per heavy atom. The van der Waals surface area contributed by atoms with E-state index >= 15 is 0 Å². The molecular formula is C20H15ClN2O5S. The minimum absolute atomic E-state index is 0.0366. The lowest BCUT2D eigenvalue weighted by Gasteiger charge is -2.12. The summed E-state index contributed by atoms with van der Waals surface area (Å²) in [4.78, 5) is 12.7. The van der Waals surface area contributed by atoms with E-state index in [4.69, 9.17) is 21.1 Å². The van der Waals surface area contributed by atoms with Crippen molar-refractivity contribution in [3.05, 3.63) is 71.2 Å². The van der Waals surface area contributed by atoms with Crippen molar-refractivity contribution in [2.24, 2.45) is 0 Å². The number of benzene rings is 3. The van der Waals surface area contributed by atoms with Gasteiger partial charge in [-0.25, -0.2) is 8.42 Å². The molecule has 148 valence electrons. The maximum atomic E-state index is 12.7. The molecule has 0 aromatic heterocycles. The topological polar surface area (TPSA) is 93.7 Å². The van der Waals surface area contributed by atoms with Crippen LogP contribution in [-0.4, -0.2) is 21.4 Å². The molecule has 0 saturated carbocycles. The average molecular weight is 431 g/mol. The summed E-state index contributed by atoms with van der Waals surface area (Å²) in [5.41, 5.74) is 0.828. The van der Waals surface area contributed by atoms with Crippen molar-refractivity contribution in [1.82, 2.24) is 0 Å². The number of halogens is 1. The second-order valence-electron chi connectivity index (χ2n) is 6.19. The molecule has 1 aliphatic heterocycles. The molecule has 3 aromatic rings. The molecule has 1 heterocycles. The van der Waals surface area contributed by atoms with Crippen LogP contribution in [0.3, 0.4) is 0 Å². The van der Waals surface area contributed by atoms with Crippen molar-refractivity contribution in [2.75, 3.05) is 17.1 Å². The highest BCUT2D eigenvalue weighted by atomic mass is 35.5. The molecule has 0 saturated heterocycles. The molecule has 29 heavy (non-hydrogen) atoms. The Labute approximate surface area is 172 Å². The zero-order chi connectivity index (χ0) is 20.6. The molecular weight excluding hydrogens is 416 g/mol. The third-order valence-corrected chi connectivity index (χ3v) is 5.85. The van der Waals surface area contributed by atoms with Crippen LogP contribution in [0.2, 0.25) is 5.02 Å². The Morgan fingerprint density at radius 2 is 1.83 bits per heavy atom. The van der Waals surface area contributed by atoms with Gasteiger partial charge in [0.15, 0.2) is 5.75 Å². The molecule has 1 aliphatic rings. The van der Waals surface area contributed by atoms with E-state index in [-0.39, 0.29) is 16.1 Å². The van der Waals surface area contributed by atoms with Gasteiger partial charge in [0.25, 0.3) is 15.9 Å². The van der Waals surface area contributed by atoms with Crippen LogP contribution in [0.5, 0.6) is 17.2 Å². The number of carbonyl (C=O) groups excluding carboxylic acids is 1. The lowest BCUT2D eigenvalue weighted by molar-refractivity contribution is 0.102. The van der Waals surface area contributed by atoms with E-state index in [0.29, 0.717) is 28.0 Å². The van der Waals surface area contributed by atoms with E-state index in [1.165, 1.54) is 37.4 Å². The largest absolute Gasteiger partial charge is 0.497 e. The molecule has 0 radical (unpaired) electrons. The molecule has 0 bridgehead atoms. The van der Waals surface area contributed by atoms with Crippen LogP contribution in [0.25, 0.3) is 0 Å². The highest BCUT2D eigenvalue weighted by Crippen LogP contribution is 2.38. The standard InChI is InChI=1S/C20H15ClN2O5S/c1-27-14-3-2-4-15(11-14)29(25,26)23-13-6-8-18-16(10-13)20(24)22-17-9-12(21)5-7-19(17)28-18/h2-11,23H,1H3,(H,22,24). The van der Waals surface area contributed by atoms with E-state index < -0.39 is 15.9 Å². The molecule has 3 aromatic carbocycles. The predicted octanol–water partition coefficient (Wildman–Crippen LogP) is 4.51. The maximum Gasteiger partial charge on any atom is 0.262 e. The summed E-state index contributed by atoms with van der Waals surface area (Å²) in [6.45, 7) is 0. The van der Waals surface area contributed by atoms with Crippen LogP contribution >= 0.6 is 11.6 Å². The SMILES string of the molecule is COc1cccc(S(=O)(=O)Nc2ccc3c(c2)C(=O)Nc2cc(Cl)ccc2O3)c1. The Kier molecular flexibility index (Phi) is 4.81. The second kappa shape index (κ2) is 7.31. The highest BCUT2D eigenvalue weighted by molar-refractivity contribution is 7.92. The summed E-state index contributed by atoms with van der Waals surface area (Å²) in [6.07, 6.45) is 0. The van der Waals surface area contributed by atoms with Gasteiger partial charge in [-0.3, -0.25) is 9.52 Å². The molecule has 0 aliphatic carbocycles. The number of sulfonamides is 1. The molecule has 0 spiro atoms. The molecule has 1 amide bonds. The third-order valence-electron chi connectivity index (χ3n) is 4.24. The number of hydrogen-bond donors (Lipinski definition) is 2. The summed E-state index contributed by atoms with van der Waals surface area (Å²) in [7, 11) is -2.42. The number of rotatable bonds is 4. The van der Waals surface area contributed by atoms with Crippen molar-refractivity contribution < 1.29 is 22.7 Å². The number of anilines is 2. The Hall–Kier alpha value is -3.23. The van der Waals surface area contributed by atoms with Gasteiger partial charge in [-0.05, 0) is 48.5 Å². The quantitative estimate of drug-likeness (QED) is 0.635. The van der Waals surface area contributed by atoms with Gasteiger partial charge in [-0.15, -0.1) is 0 Å². The van der Waals surface area contributed by atoms with Crippen LogP contribution in [0.1, 0.15) is 10.4 Å². The van der Waals surface area contributed by atoms with Gasteiger partial charge in [0.05, 0.1) is 23.3 Å². The van der Waals surface area contributed by atoms with Gasteiger partial charge in [-0.1, -0.05) is 17.7 Å². The molecule has 0 atom stereocenters. The summed E-state index contributed by atoms with van der Waals surface area (Å²) >= 11 is 5.97. The molecule has 0 unspecified atom stereocenters. The van der Waals surface area contributed by atoms with Gasteiger partial charge < -0.3 is 14.8 Å². The lowest BCUT2D eigenvalue weighted by atomic mass is 10.1. The monoisotopic (exact) mass is 430 g/mol. The van der Waals surface area contributed by atoms with Crippen molar-refractivity contribution in [3.8, 4) is 17.2 Å². The molecule has 9 heteroatoms. The van der Waals surface area contributed by atoms with Gasteiger partial charge in [0.1, 0.15) is 11.5 Å². The number of carbonyl (C=O) groups is 1. The third kappa shape index (κ3) is 3.85. The van der Waals surface area contributed by atoms with Crippen LogP contribution < -0.4 is 19.5 Å². The number of fused-ring (bicyclic) bond motifs is 2. The van der Waals surface area contributed by atoms with Crippen LogP contribution in [-0.2, 0) is 10.0 Å². The first-order valence-electron chi connectivity index (χ1n) is 8.45. The van der Waals surface area contributed by atoms with E-state index in [1.54, 1.807) is 30.3 Å². The van der Waals surface area contributed by atoms with Crippen LogP contribution in [0, 0.1) is 0 Å². The molecule has 0 fully saturated rings.